The molecule has 1 spiro atoms. The second kappa shape index (κ2) is 4.68. The van der Waals surface area contributed by atoms with Crippen LogP contribution in [0, 0.1) is 5.41 Å². The van der Waals surface area contributed by atoms with Crippen molar-refractivity contribution in [2.45, 2.75) is 31.8 Å². The Morgan fingerprint density at radius 2 is 2.22 bits per heavy atom. The van der Waals surface area contributed by atoms with Gasteiger partial charge < -0.3 is 0 Å². The molecule has 0 bridgehead atoms. The minimum Gasteiger partial charge on any atom is -0.298 e. The second-order valence-electron chi connectivity index (χ2n) is 5.60. The van der Waals surface area contributed by atoms with E-state index in [1.807, 2.05) is 0 Å². The third-order valence-electron chi connectivity index (χ3n) is 4.29. The number of likely N-dealkylation sites (tertiary alicyclic amines) is 1. The topological polar surface area (TPSA) is 32.7 Å². The zero-order valence-electron chi connectivity index (χ0n) is 10.5. The number of hydrogen-bond acceptors (Lipinski definition) is 3. The lowest BCUT2D eigenvalue weighted by molar-refractivity contribution is 0.150. The van der Waals surface area contributed by atoms with E-state index in [-0.39, 0.29) is 6.04 Å². The fourth-order valence-corrected chi connectivity index (χ4v) is 3.25. The van der Waals surface area contributed by atoms with Crippen molar-refractivity contribution in [1.82, 2.24) is 4.90 Å². The Balaban J connectivity index is 1.63. The number of rotatable bonds is 3. The SMILES string of the molecule is O=C=NC1CC12CCCN(Cc1ccccc1)C2. The van der Waals surface area contributed by atoms with Gasteiger partial charge in [0.25, 0.3) is 0 Å². The number of isocyanates is 1. The molecule has 2 unspecified atom stereocenters. The number of piperidine rings is 1. The maximum absolute atomic E-state index is 10.3. The summed E-state index contributed by atoms with van der Waals surface area (Å²) in [5, 5.41) is 0. The predicted octanol–water partition coefficient (Wildman–Crippen LogP) is 2.38. The smallest absolute Gasteiger partial charge is 0.235 e. The molecule has 0 N–H and O–H groups in total. The molecule has 1 aliphatic carbocycles. The molecule has 94 valence electrons. The lowest BCUT2D eigenvalue weighted by atomic mass is 9.93. The van der Waals surface area contributed by atoms with Gasteiger partial charge in [-0.05, 0) is 31.4 Å². The molecule has 1 aliphatic heterocycles. The van der Waals surface area contributed by atoms with Gasteiger partial charge in [-0.15, -0.1) is 0 Å². The molecule has 3 nitrogen and oxygen atoms in total. The standard InChI is InChI=1S/C15H18N2O/c18-12-16-14-9-15(14)7-4-8-17(11-15)10-13-5-2-1-3-6-13/h1-3,5-6,14H,4,7-11H2. The van der Waals surface area contributed by atoms with Gasteiger partial charge in [0, 0.05) is 18.5 Å². The van der Waals surface area contributed by atoms with E-state index in [1.165, 1.54) is 18.4 Å². The van der Waals surface area contributed by atoms with Gasteiger partial charge >= 0.3 is 0 Å². The highest BCUT2D eigenvalue weighted by Crippen LogP contribution is 2.54. The number of hydrogen-bond donors (Lipinski definition) is 0. The largest absolute Gasteiger partial charge is 0.298 e. The summed E-state index contributed by atoms with van der Waals surface area (Å²) >= 11 is 0. The molecule has 0 amide bonds. The molecule has 3 heteroatoms. The first-order valence-corrected chi connectivity index (χ1v) is 6.66. The average Bonchev–Trinajstić information content (AvgIpc) is 3.03. The Hall–Kier alpha value is -1.44. The Kier molecular flexibility index (Phi) is 3.02. The molecule has 2 aliphatic rings. The van der Waals surface area contributed by atoms with Crippen LogP contribution in [0.15, 0.2) is 35.3 Å². The van der Waals surface area contributed by atoms with Crippen molar-refractivity contribution in [3.8, 4) is 0 Å². The van der Waals surface area contributed by atoms with Gasteiger partial charge in [0.1, 0.15) is 0 Å². The van der Waals surface area contributed by atoms with Gasteiger partial charge in [0.15, 0.2) is 0 Å². The number of aliphatic imine (C=N–C) groups is 1. The average molecular weight is 242 g/mol. The van der Waals surface area contributed by atoms with Crippen molar-refractivity contribution in [2.75, 3.05) is 13.1 Å². The van der Waals surface area contributed by atoms with Crippen LogP contribution in [0.2, 0.25) is 0 Å². The molecule has 3 rings (SSSR count). The summed E-state index contributed by atoms with van der Waals surface area (Å²) in [6.45, 7) is 3.26. The van der Waals surface area contributed by atoms with E-state index in [9.17, 15) is 4.79 Å². The van der Waals surface area contributed by atoms with Gasteiger partial charge in [0.05, 0.1) is 6.04 Å². The second-order valence-corrected chi connectivity index (χ2v) is 5.60. The van der Waals surface area contributed by atoms with E-state index in [4.69, 9.17) is 0 Å². The van der Waals surface area contributed by atoms with Gasteiger partial charge in [-0.3, -0.25) is 4.90 Å². The van der Waals surface area contributed by atoms with E-state index in [0.717, 1.165) is 26.1 Å². The Bertz CT molecular complexity index is 467. The zero-order valence-corrected chi connectivity index (χ0v) is 10.5. The van der Waals surface area contributed by atoms with Crippen LogP contribution < -0.4 is 0 Å². The van der Waals surface area contributed by atoms with Gasteiger partial charge in [-0.25, -0.2) is 9.79 Å². The first-order valence-electron chi connectivity index (χ1n) is 6.66. The molecule has 1 heterocycles. The van der Waals surface area contributed by atoms with Crippen LogP contribution in [0.25, 0.3) is 0 Å². The predicted molar refractivity (Wildman–Crippen MR) is 69.9 cm³/mol. The Morgan fingerprint density at radius 1 is 1.39 bits per heavy atom. The maximum atomic E-state index is 10.3. The lowest BCUT2D eigenvalue weighted by Crippen LogP contribution is -2.37. The van der Waals surface area contributed by atoms with Crippen molar-refractivity contribution in [2.24, 2.45) is 10.4 Å². The summed E-state index contributed by atoms with van der Waals surface area (Å²) in [5.74, 6) is 0. The van der Waals surface area contributed by atoms with Crippen LogP contribution >= 0.6 is 0 Å². The van der Waals surface area contributed by atoms with Crippen LogP contribution in [0.3, 0.4) is 0 Å². The van der Waals surface area contributed by atoms with Gasteiger partial charge in [-0.2, -0.15) is 0 Å². The zero-order chi connectivity index (χ0) is 12.4. The van der Waals surface area contributed by atoms with E-state index >= 15 is 0 Å². The summed E-state index contributed by atoms with van der Waals surface area (Å²) in [6, 6.07) is 10.8. The third kappa shape index (κ3) is 2.24. The molecule has 1 aromatic carbocycles. The summed E-state index contributed by atoms with van der Waals surface area (Å²) in [6.07, 6.45) is 5.24. The quantitative estimate of drug-likeness (QED) is 0.602. The first kappa shape index (κ1) is 11.6. The van der Waals surface area contributed by atoms with Gasteiger partial charge in [-0.1, -0.05) is 30.3 Å². The van der Waals surface area contributed by atoms with Crippen molar-refractivity contribution in [1.29, 1.82) is 0 Å². The van der Waals surface area contributed by atoms with Crippen LogP contribution in [0.5, 0.6) is 0 Å². The van der Waals surface area contributed by atoms with Crippen molar-refractivity contribution >= 4 is 6.08 Å². The Morgan fingerprint density at radius 3 is 3.00 bits per heavy atom. The fourth-order valence-electron chi connectivity index (χ4n) is 3.25. The highest BCUT2D eigenvalue weighted by Gasteiger charge is 2.56. The van der Waals surface area contributed by atoms with E-state index in [1.54, 1.807) is 6.08 Å². The highest BCUT2D eigenvalue weighted by atomic mass is 16.1. The highest BCUT2D eigenvalue weighted by molar-refractivity contribution is 5.36. The molecule has 0 radical (unpaired) electrons. The minimum absolute atomic E-state index is 0.244. The molecule has 18 heavy (non-hydrogen) atoms. The molecule has 2 fully saturated rings. The monoisotopic (exact) mass is 242 g/mol. The van der Waals surface area contributed by atoms with Crippen molar-refractivity contribution < 1.29 is 4.79 Å². The number of nitrogens with zero attached hydrogens (tertiary/aromatic N) is 2. The molecule has 0 aromatic heterocycles. The van der Waals surface area contributed by atoms with E-state index < -0.39 is 0 Å². The van der Waals surface area contributed by atoms with Crippen molar-refractivity contribution in [3.05, 3.63) is 35.9 Å². The molecule has 1 saturated heterocycles. The summed E-state index contributed by atoms with van der Waals surface area (Å²) in [7, 11) is 0. The van der Waals surface area contributed by atoms with Crippen LogP contribution in [0.1, 0.15) is 24.8 Å². The fraction of sp³-hybridized carbons (Fsp3) is 0.533. The summed E-state index contributed by atoms with van der Waals surface area (Å²) in [5.41, 5.74) is 1.66. The molecule has 1 aromatic rings. The van der Waals surface area contributed by atoms with Crippen LogP contribution in [0.4, 0.5) is 0 Å². The lowest BCUT2D eigenvalue weighted by Gasteiger charge is -2.33. The van der Waals surface area contributed by atoms with Crippen LogP contribution in [-0.4, -0.2) is 30.1 Å². The first-order chi connectivity index (χ1) is 8.82. The molecule has 1 saturated carbocycles. The van der Waals surface area contributed by atoms with E-state index in [2.05, 4.69) is 40.2 Å². The van der Waals surface area contributed by atoms with Crippen molar-refractivity contribution in [3.63, 3.8) is 0 Å². The number of benzene rings is 1. The maximum Gasteiger partial charge on any atom is 0.235 e. The minimum atomic E-state index is 0.244. The molecule has 2 atom stereocenters. The van der Waals surface area contributed by atoms with E-state index in [0.29, 0.717) is 5.41 Å². The third-order valence-corrected chi connectivity index (χ3v) is 4.29. The summed E-state index contributed by atoms with van der Waals surface area (Å²) in [4.78, 5) is 16.8. The van der Waals surface area contributed by atoms with Crippen LogP contribution in [-0.2, 0) is 11.3 Å². The molecular formula is C15H18N2O. The normalized spacial score (nSPS) is 31.0. The Labute approximate surface area is 108 Å². The molecular weight excluding hydrogens is 224 g/mol. The van der Waals surface area contributed by atoms with Gasteiger partial charge in [0.2, 0.25) is 6.08 Å². The summed E-state index contributed by atoms with van der Waals surface area (Å²) < 4.78 is 0. The number of carbonyl (C=O) groups excluding carboxylic acids is 1.